The number of likely N-dealkylation sites (tertiary alicyclic amines) is 1. The highest BCUT2D eigenvalue weighted by atomic mass is 16.3. The van der Waals surface area contributed by atoms with Crippen LogP contribution < -0.4 is 5.32 Å². The average Bonchev–Trinajstić information content (AvgIpc) is 3.31. The molecule has 1 atom stereocenters. The summed E-state index contributed by atoms with van der Waals surface area (Å²) >= 11 is 0. The number of hydrogen-bond donors (Lipinski definition) is 1. The van der Waals surface area contributed by atoms with Gasteiger partial charge in [0.1, 0.15) is 17.3 Å². The number of carbonyl (C=O) groups excluding carboxylic acids is 1. The van der Waals surface area contributed by atoms with Crippen LogP contribution in [-0.2, 0) is 25.8 Å². The number of aryl methyl sites for hydroxylation is 2. The van der Waals surface area contributed by atoms with E-state index in [1.807, 2.05) is 18.0 Å². The fraction of sp³-hybridized carbons (Fsp3) is 0.571. The number of nitrogens with zero attached hydrogens (tertiary/aromatic N) is 3. The van der Waals surface area contributed by atoms with Gasteiger partial charge in [-0.1, -0.05) is 0 Å². The molecule has 0 aromatic carbocycles. The minimum atomic E-state index is 0.129. The number of rotatable bonds is 2. The minimum Gasteiger partial charge on any atom is -0.465 e. The number of amides is 1. The molecule has 2 aliphatic heterocycles. The van der Waals surface area contributed by atoms with Gasteiger partial charge < -0.3 is 14.6 Å². The van der Waals surface area contributed by atoms with Gasteiger partial charge in [0.25, 0.3) is 5.91 Å². The van der Waals surface area contributed by atoms with Crippen LogP contribution in [0.15, 0.2) is 10.6 Å². The van der Waals surface area contributed by atoms with Gasteiger partial charge in [-0.3, -0.25) is 4.79 Å². The summed E-state index contributed by atoms with van der Waals surface area (Å²) in [5.74, 6) is 3.08. The molecular formula is C21H26N4O2. The Kier molecular flexibility index (Phi) is 4.23. The molecular weight excluding hydrogens is 340 g/mol. The first-order valence-electron chi connectivity index (χ1n) is 10.2. The predicted octanol–water partition coefficient (Wildman–Crippen LogP) is 2.53. The number of aromatic nitrogens is 2. The van der Waals surface area contributed by atoms with E-state index in [0.717, 1.165) is 86.6 Å². The van der Waals surface area contributed by atoms with Crippen LogP contribution in [0.2, 0.25) is 0 Å². The van der Waals surface area contributed by atoms with Gasteiger partial charge in [-0.15, -0.1) is 0 Å². The molecule has 6 nitrogen and oxygen atoms in total. The topological polar surface area (TPSA) is 71.3 Å². The van der Waals surface area contributed by atoms with Crippen molar-refractivity contribution >= 4 is 5.91 Å². The van der Waals surface area contributed by atoms with Gasteiger partial charge in [0, 0.05) is 68.0 Å². The lowest BCUT2D eigenvalue weighted by Crippen LogP contribution is -2.30. The second-order valence-electron chi connectivity index (χ2n) is 8.01. The molecule has 1 amide bonds. The fourth-order valence-electron chi connectivity index (χ4n) is 4.74. The average molecular weight is 366 g/mol. The minimum absolute atomic E-state index is 0.129. The molecule has 2 aromatic rings. The number of fused-ring (bicyclic) bond motifs is 2. The second-order valence-corrected chi connectivity index (χ2v) is 8.01. The van der Waals surface area contributed by atoms with Crippen molar-refractivity contribution < 1.29 is 9.21 Å². The lowest BCUT2D eigenvalue weighted by atomic mass is 9.94. The van der Waals surface area contributed by atoms with Crippen LogP contribution in [0.25, 0.3) is 0 Å². The van der Waals surface area contributed by atoms with Gasteiger partial charge in [0.2, 0.25) is 0 Å². The summed E-state index contributed by atoms with van der Waals surface area (Å²) in [6.07, 6.45) is 8.08. The Balaban J connectivity index is 1.35. The maximum atomic E-state index is 13.2. The zero-order chi connectivity index (χ0) is 18.4. The van der Waals surface area contributed by atoms with Gasteiger partial charge in [0.15, 0.2) is 0 Å². The third-order valence-electron chi connectivity index (χ3n) is 6.23. The quantitative estimate of drug-likeness (QED) is 0.884. The lowest BCUT2D eigenvalue weighted by Gasteiger charge is -2.19. The molecule has 1 fully saturated rings. The highest BCUT2D eigenvalue weighted by molar-refractivity contribution is 5.97. The van der Waals surface area contributed by atoms with Gasteiger partial charge in [0.05, 0.1) is 5.56 Å². The van der Waals surface area contributed by atoms with E-state index in [-0.39, 0.29) is 11.8 Å². The summed E-state index contributed by atoms with van der Waals surface area (Å²) in [6.45, 7) is 5.24. The van der Waals surface area contributed by atoms with Gasteiger partial charge in [-0.25, -0.2) is 9.97 Å². The van der Waals surface area contributed by atoms with Crippen molar-refractivity contribution in [2.45, 2.75) is 57.9 Å². The first kappa shape index (κ1) is 16.9. The van der Waals surface area contributed by atoms with Crippen LogP contribution in [0.5, 0.6) is 0 Å². The molecule has 5 rings (SSSR count). The zero-order valence-electron chi connectivity index (χ0n) is 15.9. The van der Waals surface area contributed by atoms with E-state index < -0.39 is 0 Å². The highest BCUT2D eigenvalue weighted by Gasteiger charge is 2.34. The van der Waals surface area contributed by atoms with Gasteiger partial charge in [-0.05, 0) is 32.6 Å². The number of nitrogens with one attached hydrogen (secondary N) is 1. The molecule has 1 saturated heterocycles. The molecule has 1 aliphatic carbocycles. The van der Waals surface area contributed by atoms with Crippen molar-refractivity contribution in [2.24, 2.45) is 0 Å². The molecule has 142 valence electrons. The van der Waals surface area contributed by atoms with Gasteiger partial charge >= 0.3 is 0 Å². The standard InChI is InChI=1S/C21H26N4O2/c1-13-19(16-4-2-3-5-18(16)27-13)21(26)25-9-7-14(12-25)20-23-11-15-10-22-8-6-17(15)24-20/h11,14,22H,2-10,12H2,1H3/t14-/m0/s1. The molecule has 1 N–H and O–H groups in total. The Bertz CT molecular complexity index is 889. The second kappa shape index (κ2) is 6.75. The van der Waals surface area contributed by atoms with E-state index in [2.05, 4.69) is 10.3 Å². The third-order valence-corrected chi connectivity index (χ3v) is 6.23. The van der Waals surface area contributed by atoms with Crippen molar-refractivity contribution in [1.82, 2.24) is 20.2 Å². The summed E-state index contributed by atoms with van der Waals surface area (Å²) in [4.78, 5) is 24.6. The maximum absolute atomic E-state index is 13.2. The smallest absolute Gasteiger partial charge is 0.257 e. The molecule has 3 aliphatic rings. The molecule has 2 aromatic heterocycles. The molecule has 4 heterocycles. The van der Waals surface area contributed by atoms with E-state index in [0.29, 0.717) is 6.54 Å². The Hall–Kier alpha value is -2.21. The van der Waals surface area contributed by atoms with Crippen LogP contribution in [0.1, 0.15) is 69.7 Å². The van der Waals surface area contributed by atoms with Crippen molar-refractivity contribution in [3.8, 4) is 0 Å². The Morgan fingerprint density at radius 1 is 1.30 bits per heavy atom. The Morgan fingerprint density at radius 3 is 3.11 bits per heavy atom. The van der Waals surface area contributed by atoms with Crippen LogP contribution in [0, 0.1) is 6.92 Å². The lowest BCUT2D eigenvalue weighted by molar-refractivity contribution is 0.0787. The molecule has 0 radical (unpaired) electrons. The van der Waals surface area contributed by atoms with Crippen LogP contribution in [-0.4, -0.2) is 40.4 Å². The molecule has 0 bridgehead atoms. The molecule has 0 saturated carbocycles. The monoisotopic (exact) mass is 366 g/mol. The first-order chi connectivity index (χ1) is 13.2. The fourth-order valence-corrected chi connectivity index (χ4v) is 4.74. The van der Waals surface area contributed by atoms with E-state index in [9.17, 15) is 4.79 Å². The Morgan fingerprint density at radius 2 is 2.19 bits per heavy atom. The normalized spacial score (nSPS) is 21.8. The Labute approximate surface area is 159 Å². The molecule has 0 spiro atoms. The van der Waals surface area contributed by atoms with Crippen molar-refractivity contribution in [1.29, 1.82) is 0 Å². The SMILES string of the molecule is Cc1oc2c(c1C(=O)N1CC[C@H](c3ncc4c(n3)CCNC4)C1)CCCC2. The van der Waals surface area contributed by atoms with Crippen molar-refractivity contribution in [3.63, 3.8) is 0 Å². The summed E-state index contributed by atoms with van der Waals surface area (Å²) in [5, 5.41) is 3.36. The summed E-state index contributed by atoms with van der Waals surface area (Å²) < 4.78 is 5.91. The summed E-state index contributed by atoms with van der Waals surface area (Å²) in [7, 11) is 0. The maximum Gasteiger partial charge on any atom is 0.257 e. The highest BCUT2D eigenvalue weighted by Crippen LogP contribution is 2.33. The van der Waals surface area contributed by atoms with Gasteiger partial charge in [-0.2, -0.15) is 0 Å². The third kappa shape index (κ3) is 2.96. The summed E-state index contributed by atoms with van der Waals surface area (Å²) in [6, 6.07) is 0. The molecule has 6 heteroatoms. The van der Waals surface area contributed by atoms with E-state index in [1.54, 1.807) is 0 Å². The molecule has 0 unspecified atom stereocenters. The van der Waals surface area contributed by atoms with Crippen molar-refractivity contribution in [3.05, 3.63) is 45.9 Å². The van der Waals surface area contributed by atoms with E-state index in [4.69, 9.17) is 9.40 Å². The van der Waals surface area contributed by atoms with Crippen LogP contribution in [0.4, 0.5) is 0 Å². The number of hydrogen-bond acceptors (Lipinski definition) is 5. The van der Waals surface area contributed by atoms with Crippen LogP contribution >= 0.6 is 0 Å². The first-order valence-corrected chi connectivity index (χ1v) is 10.2. The van der Waals surface area contributed by atoms with E-state index in [1.165, 1.54) is 11.3 Å². The van der Waals surface area contributed by atoms with E-state index >= 15 is 0 Å². The number of furan rings is 1. The number of carbonyl (C=O) groups is 1. The largest absolute Gasteiger partial charge is 0.465 e. The van der Waals surface area contributed by atoms with Crippen molar-refractivity contribution in [2.75, 3.05) is 19.6 Å². The predicted molar refractivity (Wildman–Crippen MR) is 101 cm³/mol. The summed E-state index contributed by atoms with van der Waals surface area (Å²) in [5.41, 5.74) is 4.35. The zero-order valence-corrected chi connectivity index (χ0v) is 15.9. The molecule has 27 heavy (non-hydrogen) atoms. The van der Waals surface area contributed by atoms with Crippen LogP contribution in [0.3, 0.4) is 0 Å².